The van der Waals surface area contributed by atoms with Crippen molar-refractivity contribution in [2.45, 2.75) is 12.3 Å². The largest absolute Gasteiger partial charge is 0.496 e. The number of imidazole rings is 1. The Morgan fingerprint density at radius 2 is 2.00 bits per heavy atom. The zero-order valence-electron chi connectivity index (χ0n) is 13.8. The zero-order valence-corrected chi connectivity index (χ0v) is 13.8. The average Bonchev–Trinajstić information content (AvgIpc) is 3.03. The number of nitrogens with zero attached hydrogens (tertiary/aromatic N) is 2. The molecule has 0 saturated carbocycles. The van der Waals surface area contributed by atoms with E-state index < -0.39 is 0 Å². The minimum Gasteiger partial charge on any atom is -0.496 e. The number of rotatable bonds is 3. The lowest BCUT2D eigenvalue weighted by molar-refractivity contribution is 0.0950. The standard InChI is InChI=1S/C19H18N4O2/c1-25-16-8-3-2-6-13(16)12-10-15-17(19(24)21-11-12)23-18(22-15)14-7-4-5-9-20-14/h2-9,12H,10-11H2,1H3,(H,21,24)(H,22,23). The molecule has 6 heteroatoms. The summed E-state index contributed by atoms with van der Waals surface area (Å²) < 4.78 is 5.48. The normalized spacial score (nSPS) is 16.7. The maximum atomic E-state index is 12.4. The summed E-state index contributed by atoms with van der Waals surface area (Å²) in [5.41, 5.74) is 3.06. The molecule has 1 aliphatic heterocycles. The van der Waals surface area contributed by atoms with Crippen LogP contribution in [0.15, 0.2) is 48.7 Å². The SMILES string of the molecule is COc1ccccc1C1CNC(=O)c2nc(-c3ccccn3)[nH]c2C1. The molecule has 0 spiro atoms. The molecule has 1 amide bonds. The Kier molecular flexibility index (Phi) is 3.93. The van der Waals surface area contributed by atoms with E-state index >= 15 is 0 Å². The van der Waals surface area contributed by atoms with Crippen molar-refractivity contribution in [2.75, 3.05) is 13.7 Å². The molecule has 25 heavy (non-hydrogen) atoms. The van der Waals surface area contributed by atoms with E-state index in [9.17, 15) is 4.79 Å². The predicted octanol–water partition coefficient (Wildman–Crippen LogP) is 2.55. The quantitative estimate of drug-likeness (QED) is 0.771. The van der Waals surface area contributed by atoms with E-state index in [1.165, 1.54) is 0 Å². The second-order valence-corrected chi connectivity index (χ2v) is 5.98. The summed E-state index contributed by atoms with van der Waals surface area (Å²) in [5.74, 6) is 1.39. The number of aromatic amines is 1. The van der Waals surface area contributed by atoms with Crippen molar-refractivity contribution in [3.05, 3.63) is 65.6 Å². The van der Waals surface area contributed by atoms with E-state index in [1.807, 2.05) is 42.5 Å². The fourth-order valence-corrected chi connectivity index (χ4v) is 3.21. The van der Waals surface area contributed by atoms with Gasteiger partial charge < -0.3 is 15.0 Å². The summed E-state index contributed by atoms with van der Waals surface area (Å²) in [6, 6.07) is 13.5. The molecule has 1 atom stereocenters. The smallest absolute Gasteiger partial charge is 0.271 e. The van der Waals surface area contributed by atoms with Gasteiger partial charge in [0, 0.05) is 24.4 Å². The Bertz CT molecular complexity index is 905. The van der Waals surface area contributed by atoms with Gasteiger partial charge in [0.15, 0.2) is 5.82 Å². The fourth-order valence-electron chi connectivity index (χ4n) is 3.21. The Hall–Kier alpha value is -3.15. The summed E-state index contributed by atoms with van der Waals surface area (Å²) in [6.45, 7) is 0.544. The van der Waals surface area contributed by atoms with Gasteiger partial charge in [-0.05, 0) is 30.2 Å². The number of fused-ring (bicyclic) bond motifs is 1. The van der Waals surface area contributed by atoms with Gasteiger partial charge in [0.2, 0.25) is 0 Å². The monoisotopic (exact) mass is 334 g/mol. The van der Waals surface area contributed by atoms with Crippen molar-refractivity contribution in [2.24, 2.45) is 0 Å². The summed E-state index contributed by atoms with van der Waals surface area (Å²) in [5, 5.41) is 2.97. The molecule has 3 aromatic rings. The zero-order chi connectivity index (χ0) is 17.2. The number of methoxy groups -OCH3 is 1. The van der Waals surface area contributed by atoms with Gasteiger partial charge in [-0.15, -0.1) is 0 Å². The van der Waals surface area contributed by atoms with Crippen molar-refractivity contribution in [1.29, 1.82) is 0 Å². The first-order valence-electron chi connectivity index (χ1n) is 8.17. The molecule has 0 fully saturated rings. The third kappa shape index (κ3) is 2.87. The minimum absolute atomic E-state index is 0.110. The first-order valence-corrected chi connectivity index (χ1v) is 8.17. The molecule has 4 rings (SSSR count). The van der Waals surface area contributed by atoms with Crippen LogP contribution >= 0.6 is 0 Å². The molecule has 6 nitrogen and oxygen atoms in total. The summed E-state index contributed by atoms with van der Waals surface area (Å²) in [7, 11) is 1.66. The third-order valence-corrected chi connectivity index (χ3v) is 4.44. The van der Waals surface area contributed by atoms with Gasteiger partial charge in [0.1, 0.15) is 17.1 Å². The maximum absolute atomic E-state index is 12.4. The molecule has 1 unspecified atom stereocenters. The van der Waals surface area contributed by atoms with Gasteiger partial charge >= 0.3 is 0 Å². The summed E-state index contributed by atoms with van der Waals surface area (Å²) in [4.78, 5) is 24.5. The number of hydrogen-bond donors (Lipinski definition) is 2. The van der Waals surface area contributed by atoms with Crippen LogP contribution < -0.4 is 10.1 Å². The highest BCUT2D eigenvalue weighted by Crippen LogP contribution is 2.31. The van der Waals surface area contributed by atoms with Crippen LogP contribution in [-0.2, 0) is 6.42 Å². The number of benzene rings is 1. The number of amides is 1. The van der Waals surface area contributed by atoms with E-state index in [0.29, 0.717) is 24.5 Å². The highest BCUT2D eigenvalue weighted by Gasteiger charge is 2.28. The van der Waals surface area contributed by atoms with Crippen LogP contribution in [0.4, 0.5) is 0 Å². The predicted molar refractivity (Wildman–Crippen MR) is 93.6 cm³/mol. The van der Waals surface area contributed by atoms with Crippen molar-refractivity contribution in [3.8, 4) is 17.3 Å². The highest BCUT2D eigenvalue weighted by atomic mass is 16.5. The van der Waals surface area contributed by atoms with Gasteiger partial charge in [0.25, 0.3) is 5.91 Å². The van der Waals surface area contributed by atoms with E-state index in [2.05, 4.69) is 20.3 Å². The number of para-hydroxylation sites is 1. The summed E-state index contributed by atoms with van der Waals surface area (Å²) in [6.07, 6.45) is 2.38. The topological polar surface area (TPSA) is 79.9 Å². The van der Waals surface area contributed by atoms with Gasteiger partial charge in [-0.25, -0.2) is 4.98 Å². The van der Waals surface area contributed by atoms with Crippen molar-refractivity contribution in [3.63, 3.8) is 0 Å². The lowest BCUT2D eigenvalue weighted by atomic mass is 9.93. The van der Waals surface area contributed by atoms with Crippen LogP contribution in [-0.4, -0.2) is 34.5 Å². The molecule has 2 aromatic heterocycles. The Labute approximate surface area is 145 Å². The van der Waals surface area contributed by atoms with Crippen molar-refractivity contribution < 1.29 is 9.53 Å². The first kappa shape index (κ1) is 15.4. The Morgan fingerprint density at radius 3 is 2.80 bits per heavy atom. The number of pyridine rings is 1. The number of ether oxygens (including phenoxy) is 1. The van der Waals surface area contributed by atoms with Crippen molar-refractivity contribution >= 4 is 5.91 Å². The Balaban J connectivity index is 1.72. The molecule has 126 valence electrons. The molecule has 0 bridgehead atoms. The van der Waals surface area contributed by atoms with Crippen LogP contribution in [0.1, 0.15) is 27.7 Å². The van der Waals surface area contributed by atoms with Crippen molar-refractivity contribution in [1.82, 2.24) is 20.3 Å². The lowest BCUT2D eigenvalue weighted by Gasteiger charge is -2.17. The minimum atomic E-state index is -0.161. The van der Waals surface area contributed by atoms with Crippen LogP contribution in [0.5, 0.6) is 5.75 Å². The molecule has 0 aliphatic carbocycles. The van der Waals surface area contributed by atoms with E-state index in [0.717, 1.165) is 22.7 Å². The number of H-pyrrole nitrogens is 1. The second-order valence-electron chi connectivity index (χ2n) is 5.98. The van der Waals surface area contributed by atoms with Crippen LogP contribution in [0.3, 0.4) is 0 Å². The summed E-state index contributed by atoms with van der Waals surface area (Å²) >= 11 is 0. The number of aromatic nitrogens is 3. The van der Waals surface area contributed by atoms with Gasteiger partial charge in [-0.2, -0.15) is 0 Å². The first-order chi connectivity index (χ1) is 12.3. The third-order valence-electron chi connectivity index (χ3n) is 4.44. The molecule has 2 N–H and O–H groups in total. The van der Waals surface area contributed by atoms with Crippen LogP contribution in [0.2, 0.25) is 0 Å². The second kappa shape index (κ2) is 6.39. The highest BCUT2D eigenvalue weighted by molar-refractivity contribution is 5.94. The van der Waals surface area contributed by atoms with Gasteiger partial charge in [-0.1, -0.05) is 24.3 Å². The van der Waals surface area contributed by atoms with Crippen LogP contribution in [0.25, 0.3) is 11.5 Å². The number of hydrogen-bond acceptors (Lipinski definition) is 4. The van der Waals surface area contributed by atoms with Gasteiger partial charge in [-0.3, -0.25) is 9.78 Å². The van der Waals surface area contributed by atoms with E-state index in [-0.39, 0.29) is 11.8 Å². The molecule has 1 aliphatic rings. The molecule has 0 saturated heterocycles. The maximum Gasteiger partial charge on any atom is 0.271 e. The lowest BCUT2D eigenvalue weighted by Crippen LogP contribution is -2.26. The fraction of sp³-hybridized carbons (Fsp3) is 0.211. The number of carbonyl (C=O) groups is 1. The average molecular weight is 334 g/mol. The van der Waals surface area contributed by atoms with E-state index in [4.69, 9.17) is 4.74 Å². The van der Waals surface area contributed by atoms with Crippen LogP contribution in [0, 0.1) is 0 Å². The molecular formula is C19H18N4O2. The number of carbonyl (C=O) groups excluding carboxylic acids is 1. The molecule has 0 radical (unpaired) electrons. The van der Waals surface area contributed by atoms with E-state index in [1.54, 1.807) is 13.3 Å². The molecular weight excluding hydrogens is 316 g/mol. The van der Waals surface area contributed by atoms with Gasteiger partial charge in [0.05, 0.1) is 7.11 Å². The molecule has 1 aromatic carbocycles. The number of nitrogens with one attached hydrogen (secondary N) is 2. The molecule has 3 heterocycles. The Morgan fingerprint density at radius 1 is 1.16 bits per heavy atom.